The number of benzene rings is 1. The van der Waals surface area contributed by atoms with Gasteiger partial charge in [0, 0.05) is 43.4 Å². The molecule has 0 aliphatic carbocycles. The summed E-state index contributed by atoms with van der Waals surface area (Å²) in [5, 5.41) is 3.35. The van der Waals surface area contributed by atoms with Crippen molar-refractivity contribution >= 4 is 0 Å². The van der Waals surface area contributed by atoms with Crippen molar-refractivity contribution < 1.29 is 9.47 Å². The molecule has 0 bridgehead atoms. The van der Waals surface area contributed by atoms with E-state index in [1.165, 1.54) is 5.69 Å². The lowest BCUT2D eigenvalue weighted by molar-refractivity contribution is 0.394. The van der Waals surface area contributed by atoms with Gasteiger partial charge in [-0.2, -0.15) is 0 Å². The summed E-state index contributed by atoms with van der Waals surface area (Å²) in [7, 11) is 3.33. The fourth-order valence-corrected chi connectivity index (χ4v) is 2.71. The highest BCUT2D eigenvalue weighted by atomic mass is 16.5. The minimum absolute atomic E-state index is 0.787. The second-order valence-electron chi connectivity index (χ2n) is 4.89. The van der Waals surface area contributed by atoms with Crippen LogP contribution in [-0.2, 0) is 13.0 Å². The maximum absolute atomic E-state index is 5.35. The van der Waals surface area contributed by atoms with Crippen LogP contribution in [0, 0.1) is 6.92 Å². The van der Waals surface area contributed by atoms with Crippen molar-refractivity contribution in [2.45, 2.75) is 19.9 Å². The molecule has 0 fully saturated rings. The Balaban J connectivity index is 2.15. The van der Waals surface area contributed by atoms with Gasteiger partial charge in [-0.15, -0.1) is 0 Å². The summed E-state index contributed by atoms with van der Waals surface area (Å²) in [6.45, 7) is 3.85. The molecule has 1 N–H and O–H groups in total. The molecule has 5 heteroatoms. The molecule has 0 radical (unpaired) electrons. The SMILES string of the molecule is COc1cc(OC)cc(-n2c(C)nc3c2CCNC3)c1. The summed E-state index contributed by atoms with van der Waals surface area (Å²) in [4.78, 5) is 4.66. The molecule has 0 spiro atoms. The average molecular weight is 273 g/mol. The van der Waals surface area contributed by atoms with Crippen molar-refractivity contribution in [1.82, 2.24) is 14.9 Å². The zero-order chi connectivity index (χ0) is 14.1. The third kappa shape index (κ3) is 2.14. The van der Waals surface area contributed by atoms with Crippen LogP contribution in [-0.4, -0.2) is 30.3 Å². The van der Waals surface area contributed by atoms with Crippen LogP contribution in [0.25, 0.3) is 5.69 Å². The Morgan fingerprint density at radius 2 is 1.85 bits per heavy atom. The van der Waals surface area contributed by atoms with Crippen molar-refractivity contribution in [2.24, 2.45) is 0 Å². The van der Waals surface area contributed by atoms with Crippen LogP contribution < -0.4 is 14.8 Å². The van der Waals surface area contributed by atoms with Crippen LogP contribution in [0.2, 0.25) is 0 Å². The predicted octanol–water partition coefficient (Wildman–Crippen LogP) is 1.84. The van der Waals surface area contributed by atoms with E-state index in [4.69, 9.17) is 9.47 Å². The maximum Gasteiger partial charge on any atom is 0.124 e. The summed E-state index contributed by atoms with van der Waals surface area (Å²) < 4.78 is 12.9. The summed E-state index contributed by atoms with van der Waals surface area (Å²) in [5.74, 6) is 2.57. The molecule has 1 aliphatic heterocycles. The molecule has 0 atom stereocenters. The predicted molar refractivity (Wildman–Crippen MR) is 76.8 cm³/mol. The quantitative estimate of drug-likeness (QED) is 0.927. The van der Waals surface area contributed by atoms with Crippen LogP contribution in [0.1, 0.15) is 17.2 Å². The zero-order valence-electron chi connectivity index (χ0n) is 12.1. The highest BCUT2D eigenvalue weighted by molar-refractivity contribution is 5.49. The minimum atomic E-state index is 0.787. The van der Waals surface area contributed by atoms with Crippen molar-refractivity contribution in [3.05, 3.63) is 35.4 Å². The van der Waals surface area contributed by atoms with E-state index < -0.39 is 0 Å². The van der Waals surface area contributed by atoms with Crippen LogP contribution in [0.3, 0.4) is 0 Å². The number of aromatic nitrogens is 2. The highest BCUT2D eigenvalue weighted by Gasteiger charge is 2.19. The molecule has 0 unspecified atom stereocenters. The Morgan fingerprint density at radius 1 is 1.15 bits per heavy atom. The van der Waals surface area contributed by atoms with E-state index >= 15 is 0 Å². The van der Waals surface area contributed by atoms with Crippen LogP contribution in [0.5, 0.6) is 11.5 Å². The largest absolute Gasteiger partial charge is 0.497 e. The number of nitrogens with one attached hydrogen (secondary N) is 1. The van der Waals surface area contributed by atoms with E-state index in [2.05, 4.69) is 14.9 Å². The molecule has 2 heterocycles. The monoisotopic (exact) mass is 273 g/mol. The molecule has 2 aromatic rings. The normalized spacial score (nSPS) is 13.9. The van der Waals surface area contributed by atoms with Crippen LogP contribution >= 0.6 is 0 Å². The molecular weight excluding hydrogens is 254 g/mol. The van der Waals surface area contributed by atoms with Gasteiger partial charge < -0.3 is 19.4 Å². The Bertz CT molecular complexity index is 612. The van der Waals surface area contributed by atoms with Gasteiger partial charge in [-0.1, -0.05) is 0 Å². The van der Waals surface area contributed by atoms with E-state index in [-0.39, 0.29) is 0 Å². The first-order valence-corrected chi connectivity index (χ1v) is 6.74. The van der Waals surface area contributed by atoms with E-state index in [0.717, 1.165) is 48.2 Å². The zero-order valence-corrected chi connectivity index (χ0v) is 12.1. The number of fused-ring (bicyclic) bond motifs is 1. The first-order valence-electron chi connectivity index (χ1n) is 6.74. The number of nitrogens with zero attached hydrogens (tertiary/aromatic N) is 2. The maximum atomic E-state index is 5.35. The number of imidazole rings is 1. The molecule has 1 aromatic heterocycles. The van der Waals surface area contributed by atoms with E-state index in [1.54, 1.807) is 14.2 Å². The highest BCUT2D eigenvalue weighted by Crippen LogP contribution is 2.28. The smallest absolute Gasteiger partial charge is 0.124 e. The lowest BCUT2D eigenvalue weighted by atomic mass is 10.1. The molecule has 5 nitrogen and oxygen atoms in total. The fourth-order valence-electron chi connectivity index (χ4n) is 2.71. The lowest BCUT2D eigenvalue weighted by Crippen LogP contribution is -2.24. The molecule has 0 saturated heterocycles. The van der Waals surface area contributed by atoms with Gasteiger partial charge in [0.1, 0.15) is 17.3 Å². The summed E-state index contributed by atoms with van der Waals surface area (Å²) in [6.07, 6.45) is 0.982. The van der Waals surface area contributed by atoms with Crippen molar-refractivity contribution in [2.75, 3.05) is 20.8 Å². The number of ether oxygens (including phenoxy) is 2. The Kier molecular flexibility index (Phi) is 3.36. The minimum Gasteiger partial charge on any atom is -0.497 e. The third-order valence-corrected chi connectivity index (χ3v) is 3.65. The molecule has 3 rings (SSSR count). The molecule has 20 heavy (non-hydrogen) atoms. The third-order valence-electron chi connectivity index (χ3n) is 3.65. The van der Waals surface area contributed by atoms with E-state index in [1.807, 2.05) is 25.1 Å². The first kappa shape index (κ1) is 13.0. The van der Waals surface area contributed by atoms with E-state index in [0.29, 0.717) is 0 Å². The van der Waals surface area contributed by atoms with Gasteiger partial charge in [-0.3, -0.25) is 0 Å². The number of methoxy groups -OCH3 is 2. The Morgan fingerprint density at radius 3 is 2.50 bits per heavy atom. The molecule has 0 amide bonds. The Hall–Kier alpha value is -2.01. The van der Waals surface area contributed by atoms with Gasteiger partial charge in [-0.25, -0.2) is 4.98 Å². The molecule has 0 saturated carbocycles. The van der Waals surface area contributed by atoms with E-state index in [9.17, 15) is 0 Å². The standard InChI is InChI=1S/C15H19N3O2/c1-10-17-14-9-16-5-4-15(14)18(10)11-6-12(19-2)8-13(7-11)20-3/h6-8,16H,4-5,9H2,1-3H3. The molecule has 106 valence electrons. The first-order chi connectivity index (χ1) is 9.72. The van der Waals surface area contributed by atoms with Gasteiger partial charge in [0.15, 0.2) is 0 Å². The summed E-state index contributed by atoms with van der Waals surface area (Å²) in [6, 6.07) is 5.91. The van der Waals surface area contributed by atoms with Crippen LogP contribution in [0.4, 0.5) is 0 Å². The summed E-state index contributed by atoms with van der Waals surface area (Å²) in [5.41, 5.74) is 3.45. The average Bonchev–Trinajstić information content (AvgIpc) is 2.82. The van der Waals surface area contributed by atoms with Crippen LogP contribution in [0.15, 0.2) is 18.2 Å². The van der Waals surface area contributed by atoms with Gasteiger partial charge in [0.05, 0.1) is 25.6 Å². The topological polar surface area (TPSA) is 48.3 Å². The molecule has 1 aliphatic rings. The van der Waals surface area contributed by atoms with Gasteiger partial charge in [-0.05, 0) is 6.92 Å². The summed E-state index contributed by atoms with van der Waals surface area (Å²) >= 11 is 0. The number of aryl methyl sites for hydroxylation is 1. The van der Waals surface area contributed by atoms with Gasteiger partial charge >= 0.3 is 0 Å². The molecular formula is C15H19N3O2. The number of hydrogen-bond acceptors (Lipinski definition) is 4. The lowest BCUT2D eigenvalue weighted by Gasteiger charge is -2.17. The second-order valence-corrected chi connectivity index (χ2v) is 4.89. The van der Waals surface area contributed by atoms with Crippen molar-refractivity contribution in [3.8, 4) is 17.2 Å². The van der Waals surface area contributed by atoms with Gasteiger partial charge in [0.2, 0.25) is 0 Å². The van der Waals surface area contributed by atoms with Gasteiger partial charge in [0.25, 0.3) is 0 Å². The number of rotatable bonds is 3. The van der Waals surface area contributed by atoms with Crippen molar-refractivity contribution in [3.63, 3.8) is 0 Å². The van der Waals surface area contributed by atoms with Crippen molar-refractivity contribution in [1.29, 1.82) is 0 Å². The second kappa shape index (κ2) is 5.17. The Labute approximate surface area is 118 Å². The number of hydrogen-bond donors (Lipinski definition) is 1. The molecule has 1 aromatic carbocycles. The fraction of sp³-hybridized carbons (Fsp3) is 0.400.